The second-order valence-electron chi connectivity index (χ2n) is 5.20. The number of nitrogens with two attached hydrogens (primary N) is 1. The van der Waals surface area contributed by atoms with E-state index >= 15 is 0 Å². The minimum atomic E-state index is -0.358. The van der Waals surface area contributed by atoms with E-state index in [-0.39, 0.29) is 23.8 Å². The Morgan fingerprint density at radius 1 is 1.44 bits per heavy atom. The first-order valence-electron chi connectivity index (χ1n) is 6.33. The van der Waals surface area contributed by atoms with Gasteiger partial charge < -0.3 is 16.2 Å². The number of nitrogen functional groups attached to an aromatic ring is 1. The van der Waals surface area contributed by atoms with Gasteiger partial charge in [-0.15, -0.1) is 0 Å². The van der Waals surface area contributed by atoms with E-state index in [4.69, 9.17) is 10.8 Å². The smallest absolute Gasteiger partial charge is 0.230 e. The maximum absolute atomic E-state index is 12.2. The molecule has 1 aromatic carbocycles. The predicted octanol–water partition coefficient (Wildman–Crippen LogP) is 1.04. The molecule has 4 nitrogen and oxygen atoms in total. The largest absolute Gasteiger partial charge is 0.399 e. The van der Waals surface area contributed by atoms with Crippen LogP contribution in [-0.4, -0.2) is 24.2 Å². The molecule has 0 aromatic heterocycles. The van der Waals surface area contributed by atoms with Crippen molar-refractivity contribution in [3.63, 3.8) is 0 Å². The topological polar surface area (TPSA) is 75.3 Å². The summed E-state index contributed by atoms with van der Waals surface area (Å²) in [5.41, 5.74) is 7.04. The third-order valence-corrected chi connectivity index (χ3v) is 3.57. The highest BCUT2D eigenvalue weighted by molar-refractivity contribution is 5.91. The molecule has 0 bridgehead atoms. The molecule has 1 aliphatic carbocycles. The van der Waals surface area contributed by atoms with Crippen molar-refractivity contribution in [2.45, 2.75) is 25.2 Å². The molecular weight excluding hydrogens is 228 g/mol. The van der Waals surface area contributed by atoms with Crippen molar-refractivity contribution < 1.29 is 9.90 Å². The molecule has 1 unspecified atom stereocenters. The van der Waals surface area contributed by atoms with Gasteiger partial charge in [0.25, 0.3) is 0 Å². The Morgan fingerprint density at radius 2 is 2.06 bits per heavy atom. The number of carbonyl (C=O) groups is 1. The summed E-state index contributed by atoms with van der Waals surface area (Å²) in [6.45, 7) is 2.52. The van der Waals surface area contributed by atoms with Gasteiger partial charge in [0, 0.05) is 18.8 Å². The first-order valence-corrected chi connectivity index (χ1v) is 6.33. The summed E-state index contributed by atoms with van der Waals surface area (Å²) in [7, 11) is 0. The molecule has 4 heteroatoms. The van der Waals surface area contributed by atoms with Crippen molar-refractivity contribution in [3.8, 4) is 0 Å². The lowest BCUT2D eigenvalue weighted by Crippen LogP contribution is -2.37. The summed E-state index contributed by atoms with van der Waals surface area (Å²) >= 11 is 0. The van der Waals surface area contributed by atoms with Gasteiger partial charge in [-0.2, -0.15) is 0 Å². The molecule has 1 saturated carbocycles. The standard InChI is InChI=1S/C14H20N2O2/c1-10(9-17)8-16-13(18)14(6-7-14)11-2-4-12(15)5-3-11/h2-5,10,17H,6-9,15H2,1H3,(H,16,18). The Morgan fingerprint density at radius 3 is 2.56 bits per heavy atom. The van der Waals surface area contributed by atoms with Crippen molar-refractivity contribution in [1.82, 2.24) is 5.32 Å². The SMILES string of the molecule is CC(CO)CNC(=O)C1(c2ccc(N)cc2)CC1. The van der Waals surface area contributed by atoms with Crippen LogP contribution in [0.1, 0.15) is 25.3 Å². The highest BCUT2D eigenvalue weighted by Gasteiger charge is 2.51. The minimum Gasteiger partial charge on any atom is -0.399 e. The van der Waals surface area contributed by atoms with E-state index in [0.29, 0.717) is 12.2 Å². The Kier molecular flexibility index (Phi) is 3.57. The monoisotopic (exact) mass is 248 g/mol. The van der Waals surface area contributed by atoms with Crippen LogP contribution < -0.4 is 11.1 Å². The van der Waals surface area contributed by atoms with Crippen LogP contribution in [0.15, 0.2) is 24.3 Å². The molecule has 0 radical (unpaired) electrons. The highest BCUT2D eigenvalue weighted by Crippen LogP contribution is 2.48. The van der Waals surface area contributed by atoms with E-state index in [1.54, 1.807) is 0 Å². The molecule has 0 heterocycles. The number of nitrogens with one attached hydrogen (secondary N) is 1. The first-order chi connectivity index (χ1) is 8.58. The Labute approximate surface area is 107 Å². The second kappa shape index (κ2) is 4.98. The number of anilines is 1. The Balaban J connectivity index is 2.03. The lowest BCUT2D eigenvalue weighted by molar-refractivity contribution is -0.123. The van der Waals surface area contributed by atoms with Crippen LogP contribution in [0.5, 0.6) is 0 Å². The number of rotatable bonds is 5. The molecule has 4 N–H and O–H groups in total. The second-order valence-corrected chi connectivity index (χ2v) is 5.20. The van der Waals surface area contributed by atoms with Gasteiger partial charge in [0.1, 0.15) is 0 Å². The molecule has 0 spiro atoms. The summed E-state index contributed by atoms with van der Waals surface area (Å²) in [6, 6.07) is 7.52. The third kappa shape index (κ3) is 2.48. The molecule has 0 saturated heterocycles. The maximum Gasteiger partial charge on any atom is 0.230 e. The maximum atomic E-state index is 12.2. The van der Waals surface area contributed by atoms with Crippen molar-refractivity contribution in [2.24, 2.45) is 5.92 Å². The van der Waals surface area contributed by atoms with Crippen molar-refractivity contribution in [1.29, 1.82) is 0 Å². The molecule has 1 atom stereocenters. The third-order valence-electron chi connectivity index (χ3n) is 3.57. The van der Waals surface area contributed by atoms with Gasteiger partial charge in [0.05, 0.1) is 5.41 Å². The van der Waals surface area contributed by atoms with Crippen molar-refractivity contribution in [2.75, 3.05) is 18.9 Å². The number of benzene rings is 1. The summed E-state index contributed by atoms with van der Waals surface area (Å²) in [4.78, 5) is 12.2. The van der Waals surface area contributed by atoms with E-state index in [9.17, 15) is 4.79 Å². The van der Waals surface area contributed by atoms with Crippen LogP contribution in [-0.2, 0) is 10.2 Å². The highest BCUT2D eigenvalue weighted by atomic mass is 16.3. The summed E-state index contributed by atoms with van der Waals surface area (Å²) < 4.78 is 0. The molecular formula is C14H20N2O2. The average Bonchev–Trinajstić information content (AvgIpc) is 3.17. The van der Waals surface area contributed by atoms with Crippen LogP contribution in [0.2, 0.25) is 0 Å². The van der Waals surface area contributed by atoms with Crippen LogP contribution in [0.4, 0.5) is 5.69 Å². The Hall–Kier alpha value is -1.55. The lowest BCUT2D eigenvalue weighted by Gasteiger charge is -2.17. The van der Waals surface area contributed by atoms with Crippen LogP contribution >= 0.6 is 0 Å². The van der Waals surface area contributed by atoms with Crippen molar-refractivity contribution in [3.05, 3.63) is 29.8 Å². The lowest BCUT2D eigenvalue weighted by atomic mass is 9.94. The van der Waals surface area contributed by atoms with Crippen LogP contribution in [0, 0.1) is 5.92 Å². The Bertz CT molecular complexity index is 424. The summed E-state index contributed by atoms with van der Waals surface area (Å²) in [6.07, 6.45) is 1.77. The number of carbonyl (C=O) groups excluding carboxylic acids is 1. The van der Waals surface area contributed by atoms with Gasteiger partial charge in [0.2, 0.25) is 5.91 Å². The zero-order chi connectivity index (χ0) is 13.2. The zero-order valence-electron chi connectivity index (χ0n) is 10.6. The summed E-state index contributed by atoms with van der Waals surface area (Å²) in [5, 5.41) is 11.9. The van der Waals surface area contributed by atoms with E-state index in [1.807, 2.05) is 31.2 Å². The van der Waals surface area contributed by atoms with E-state index in [2.05, 4.69) is 5.32 Å². The number of hydrogen-bond donors (Lipinski definition) is 3. The molecule has 1 aliphatic rings. The van der Waals surface area contributed by atoms with Gasteiger partial charge in [0.15, 0.2) is 0 Å². The van der Waals surface area contributed by atoms with Gasteiger partial charge in [-0.3, -0.25) is 4.79 Å². The molecule has 0 aliphatic heterocycles. The van der Waals surface area contributed by atoms with Crippen molar-refractivity contribution >= 4 is 11.6 Å². The predicted molar refractivity (Wildman–Crippen MR) is 71.0 cm³/mol. The number of amides is 1. The van der Waals surface area contributed by atoms with Crippen LogP contribution in [0.25, 0.3) is 0 Å². The van der Waals surface area contributed by atoms with Gasteiger partial charge >= 0.3 is 0 Å². The van der Waals surface area contributed by atoms with Gasteiger partial charge in [-0.25, -0.2) is 0 Å². The summed E-state index contributed by atoms with van der Waals surface area (Å²) in [5.74, 6) is 0.156. The number of aliphatic hydroxyl groups excluding tert-OH is 1. The molecule has 18 heavy (non-hydrogen) atoms. The zero-order valence-corrected chi connectivity index (χ0v) is 10.6. The van der Waals surface area contributed by atoms with E-state index in [1.165, 1.54) is 0 Å². The normalized spacial score (nSPS) is 18.1. The fraction of sp³-hybridized carbons (Fsp3) is 0.500. The fourth-order valence-corrected chi connectivity index (χ4v) is 2.07. The van der Waals surface area contributed by atoms with Crippen LogP contribution in [0.3, 0.4) is 0 Å². The molecule has 1 amide bonds. The average molecular weight is 248 g/mol. The molecule has 1 aromatic rings. The quantitative estimate of drug-likeness (QED) is 0.682. The fourth-order valence-electron chi connectivity index (χ4n) is 2.07. The van der Waals surface area contributed by atoms with E-state index < -0.39 is 0 Å². The molecule has 1 fully saturated rings. The molecule has 98 valence electrons. The number of hydrogen-bond acceptors (Lipinski definition) is 3. The van der Waals surface area contributed by atoms with E-state index in [0.717, 1.165) is 18.4 Å². The number of aliphatic hydroxyl groups is 1. The van der Waals surface area contributed by atoms with Gasteiger partial charge in [-0.05, 0) is 36.5 Å². The first kappa shape index (κ1) is 12.9. The molecule has 2 rings (SSSR count). The minimum absolute atomic E-state index is 0.0626. The van der Waals surface area contributed by atoms with Gasteiger partial charge in [-0.1, -0.05) is 19.1 Å².